The zero-order chi connectivity index (χ0) is 15.9. The maximum atomic E-state index is 12.2. The SMILES string of the molecule is CCOc1cc(C(=O)N=C(N)c2ccncc2)ccc1OC. The van der Waals surface area contributed by atoms with Crippen molar-refractivity contribution >= 4 is 11.7 Å². The quantitative estimate of drug-likeness (QED) is 0.674. The van der Waals surface area contributed by atoms with Crippen molar-refractivity contribution in [3.8, 4) is 11.5 Å². The van der Waals surface area contributed by atoms with Crippen molar-refractivity contribution in [3.05, 3.63) is 53.9 Å². The first-order valence-corrected chi connectivity index (χ1v) is 6.75. The zero-order valence-corrected chi connectivity index (χ0v) is 12.4. The molecule has 2 aromatic rings. The van der Waals surface area contributed by atoms with Gasteiger partial charge in [-0.2, -0.15) is 4.99 Å². The van der Waals surface area contributed by atoms with Crippen LogP contribution < -0.4 is 15.2 Å². The van der Waals surface area contributed by atoms with Crippen LogP contribution in [-0.2, 0) is 0 Å². The van der Waals surface area contributed by atoms with E-state index >= 15 is 0 Å². The number of aromatic nitrogens is 1. The molecule has 0 radical (unpaired) electrons. The Hall–Kier alpha value is -2.89. The number of aliphatic imine (C=N–C) groups is 1. The summed E-state index contributed by atoms with van der Waals surface area (Å²) >= 11 is 0. The van der Waals surface area contributed by atoms with Gasteiger partial charge in [-0.15, -0.1) is 0 Å². The molecule has 1 amide bonds. The Morgan fingerprint density at radius 1 is 1.18 bits per heavy atom. The van der Waals surface area contributed by atoms with Gasteiger partial charge in [-0.05, 0) is 37.3 Å². The minimum absolute atomic E-state index is 0.140. The monoisotopic (exact) mass is 299 g/mol. The maximum Gasteiger partial charge on any atom is 0.279 e. The van der Waals surface area contributed by atoms with Gasteiger partial charge in [0.25, 0.3) is 5.91 Å². The number of carbonyl (C=O) groups excluding carboxylic acids is 1. The van der Waals surface area contributed by atoms with E-state index in [1.807, 2.05) is 6.92 Å². The summed E-state index contributed by atoms with van der Waals surface area (Å²) in [5, 5.41) is 0. The molecule has 2 N–H and O–H groups in total. The summed E-state index contributed by atoms with van der Waals surface area (Å²) in [6, 6.07) is 8.24. The van der Waals surface area contributed by atoms with Crippen molar-refractivity contribution in [3.63, 3.8) is 0 Å². The van der Waals surface area contributed by atoms with E-state index in [0.29, 0.717) is 29.2 Å². The van der Waals surface area contributed by atoms with E-state index in [1.165, 1.54) is 0 Å². The molecule has 0 bridgehead atoms. The first-order chi connectivity index (χ1) is 10.7. The lowest BCUT2D eigenvalue weighted by molar-refractivity contribution is 0.100. The van der Waals surface area contributed by atoms with E-state index in [0.717, 1.165) is 0 Å². The molecule has 6 heteroatoms. The Bertz CT molecular complexity index is 684. The van der Waals surface area contributed by atoms with Crippen molar-refractivity contribution in [2.45, 2.75) is 6.92 Å². The lowest BCUT2D eigenvalue weighted by atomic mass is 10.2. The molecular formula is C16H17N3O3. The molecule has 6 nitrogen and oxygen atoms in total. The van der Waals surface area contributed by atoms with Crippen molar-refractivity contribution in [1.29, 1.82) is 0 Å². The second kappa shape index (κ2) is 7.21. The predicted molar refractivity (Wildman–Crippen MR) is 83.5 cm³/mol. The van der Waals surface area contributed by atoms with E-state index in [9.17, 15) is 4.79 Å². The first-order valence-electron chi connectivity index (χ1n) is 6.75. The zero-order valence-electron chi connectivity index (χ0n) is 12.4. The summed E-state index contributed by atoms with van der Waals surface area (Å²) in [6.07, 6.45) is 3.17. The predicted octanol–water partition coefficient (Wildman–Crippen LogP) is 2.03. The minimum atomic E-state index is -0.446. The Labute approximate surface area is 128 Å². The van der Waals surface area contributed by atoms with Crippen LogP contribution in [0.3, 0.4) is 0 Å². The van der Waals surface area contributed by atoms with Gasteiger partial charge in [0.05, 0.1) is 13.7 Å². The third-order valence-corrected chi connectivity index (χ3v) is 2.91. The van der Waals surface area contributed by atoms with Crippen LogP contribution in [0.15, 0.2) is 47.7 Å². The largest absolute Gasteiger partial charge is 0.493 e. The van der Waals surface area contributed by atoms with E-state index in [4.69, 9.17) is 15.2 Å². The number of amidine groups is 1. The molecular weight excluding hydrogens is 282 g/mol. The Balaban J connectivity index is 2.28. The number of benzene rings is 1. The van der Waals surface area contributed by atoms with Gasteiger partial charge in [0, 0.05) is 23.5 Å². The van der Waals surface area contributed by atoms with Gasteiger partial charge in [-0.25, -0.2) is 0 Å². The molecule has 0 aliphatic carbocycles. The second-order valence-electron chi connectivity index (χ2n) is 4.34. The highest BCUT2D eigenvalue weighted by atomic mass is 16.5. The van der Waals surface area contributed by atoms with E-state index < -0.39 is 5.91 Å². The number of hydrogen-bond donors (Lipinski definition) is 1. The van der Waals surface area contributed by atoms with Gasteiger partial charge >= 0.3 is 0 Å². The van der Waals surface area contributed by atoms with Gasteiger partial charge < -0.3 is 15.2 Å². The molecule has 0 atom stereocenters. The Morgan fingerprint density at radius 2 is 1.91 bits per heavy atom. The van der Waals surface area contributed by atoms with Crippen LogP contribution >= 0.6 is 0 Å². The van der Waals surface area contributed by atoms with Gasteiger partial charge in [-0.3, -0.25) is 9.78 Å². The van der Waals surface area contributed by atoms with Crippen molar-refractivity contribution in [2.24, 2.45) is 10.7 Å². The Morgan fingerprint density at radius 3 is 2.55 bits per heavy atom. The maximum absolute atomic E-state index is 12.2. The minimum Gasteiger partial charge on any atom is -0.493 e. The molecule has 1 heterocycles. The molecule has 0 saturated heterocycles. The molecule has 0 saturated carbocycles. The number of pyridine rings is 1. The topological polar surface area (TPSA) is 86.8 Å². The van der Waals surface area contributed by atoms with Crippen LogP contribution in [0.1, 0.15) is 22.8 Å². The highest BCUT2D eigenvalue weighted by molar-refractivity contribution is 6.08. The van der Waals surface area contributed by atoms with Crippen LogP contribution in [0.25, 0.3) is 0 Å². The first kappa shape index (κ1) is 15.5. The van der Waals surface area contributed by atoms with Crippen LogP contribution in [0.5, 0.6) is 11.5 Å². The fourth-order valence-corrected chi connectivity index (χ4v) is 1.84. The number of hydrogen-bond acceptors (Lipinski definition) is 4. The number of nitrogens with zero attached hydrogens (tertiary/aromatic N) is 2. The normalized spacial score (nSPS) is 11.1. The van der Waals surface area contributed by atoms with E-state index in [-0.39, 0.29) is 5.84 Å². The molecule has 2 rings (SSSR count). The third-order valence-electron chi connectivity index (χ3n) is 2.91. The summed E-state index contributed by atoms with van der Waals surface area (Å²) in [7, 11) is 1.54. The smallest absolute Gasteiger partial charge is 0.279 e. The molecule has 22 heavy (non-hydrogen) atoms. The third kappa shape index (κ3) is 3.60. The van der Waals surface area contributed by atoms with Gasteiger partial charge in [-0.1, -0.05) is 0 Å². The van der Waals surface area contributed by atoms with Gasteiger partial charge in [0.2, 0.25) is 0 Å². The number of nitrogens with two attached hydrogens (primary N) is 1. The number of methoxy groups -OCH3 is 1. The highest BCUT2D eigenvalue weighted by Crippen LogP contribution is 2.28. The summed E-state index contributed by atoms with van der Waals surface area (Å²) < 4.78 is 10.6. The molecule has 1 aromatic heterocycles. The molecule has 0 unspecified atom stereocenters. The number of rotatable bonds is 5. The standard InChI is InChI=1S/C16H17N3O3/c1-3-22-14-10-12(4-5-13(14)21-2)16(20)19-15(17)11-6-8-18-9-7-11/h4-10H,3H2,1-2H3,(H2,17,19,20). The molecule has 0 aliphatic heterocycles. The van der Waals surface area contributed by atoms with Crippen LogP contribution in [0.2, 0.25) is 0 Å². The lowest BCUT2D eigenvalue weighted by Gasteiger charge is -2.09. The number of amides is 1. The fraction of sp³-hybridized carbons (Fsp3) is 0.188. The summed E-state index contributed by atoms with van der Waals surface area (Å²) in [5.41, 5.74) is 6.85. The highest BCUT2D eigenvalue weighted by Gasteiger charge is 2.11. The molecule has 114 valence electrons. The molecule has 0 fully saturated rings. The average molecular weight is 299 g/mol. The molecule has 0 spiro atoms. The van der Waals surface area contributed by atoms with Crippen LogP contribution in [-0.4, -0.2) is 30.4 Å². The van der Waals surface area contributed by atoms with Gasteiger partial charge in [0.15, 0.2) is 11.5 Å². The van der Waals surface area contributed by atoms with E-state index in [1.54, 1.807) is 49.8 Å². The summed E-state index contributed by atoms with van der Waals surface area (Å²) in [6.45, 7) is 2.32. The van der Waals surface area contributed by atoms with Gasteiger partial charge in [0.1, 0.15) is 5.84 Å². The van der Waals surface area contributed by atoms with Crippen molar-refractivity contribution in [2.75, 3.05) is 13.7 Å². The molecule has 1 aromatic carbocycles. The second-order valence-corrected chi connectivity index (χ2v) is 4.34. The molecule has 0 aliphatic rings. The summed E-state index contributed by atoms with van der Waals surface area (Å²) in [4.78, 5) is 20.0. The van der Waals surface area contributed by atoms with Crippen LogP contribution in [0, 0.1) is 0 Å². The van der Waals surface area contributed by atoms with E-state index in [2.05, 4.69) is 9.98 Å². The number of ether oxygens (including phenoxy) is 2. The average Bonchev–Trinajstić information content (AvgIpc) is 2.55. The fourth-order valence-electron chi connectivity index (χ4n) is 1.84. The Kier molecular flexibility index (Phi) is 5.08. The van der Waals surface area contributed by atoms with Crippen molar-refractivity contribution < 1.29 is 14.3 Å². The lowest BCUT2D eigenvalue weighted by Crippen LogP contribution is -2.16. The van der Waals surface area contributed by atoms with Crippen LogP contribution in [0.4, 0.5) is 0 Å². The van der Waals surface area contributed by atoms with Crippen molar-refractivity contribution in [1.82, 2.24) is 4.98 Å². The number of carbonyl (C=O) groups is 1. The summed E-state index contributed by atoms with van der Waals surface area (Å²) in [5.74, 6) is 0.747.